The van der Waals surface area contributed by atoms with Crippen molar-refractivity contribution >= 4 is 5.97 Å². The highest BCUT2D eigenvalue weighted by Crippen LogP contribution is 2.59. The smallest absolute Gasteiger partial charge is 0.303 e. The van der Waals surface area contributed by atoms with Crippen LogP contribution in [0.25, 0.3) is 0 Å². The molecule has 3 aliphatic carbocycles. The number of fused-ring (bicyclic) bond motifs is 5. The van der Waals surface area contributed by atoms with Gasteiger partial charge >= 0.3 is 5.97 Å². The van der Waals surface area contributed by atoms with E-state index in [4.69, 9.17) is 9.47 Å². The van der Waals surface area contributed by atoms with Crippen LogP contribution in [-0.2, 0) is 22.6 Å². The van der Waals surface area contributed by atoms with Crippen molar-refractivity contribution in [2.24, 2.45) is 17.3 Å². The van der Waals surface area contributed by atoms with Crippen LogP contribution in [0.5, 0.6) is 5.75 Å². The summed E-state index contributed by atoms with van der Waals surface area (Å²) in [7, 11) is 0. The summed E-state index contributed by atoms with van der Waals surface area (Å²) in [6, 6.07) is 17.0. The van der Waals surface area contributed by atoms with Crippen LogP contribution in [-0.4, -0.2) is 12.1 Å². The van der Waals surface area contributed by atoms with E-state index < -0.39 is 0 Å². The summed E-state index contributed by atoms with van der Waals surface area (Å²) in [6.07, 6.45) is 8.95. The Kier molecular flexibility index (Phi) is 4.92. The number of rotatable bonds is 4. The fraction of sp³-hybridized carbons (Fsp3) is 0.444. The molecule has 3 aliphatic rings. The lowest BCUT2D eigenvalue weighted by Gasteiger charge is -2.50. The minimum absolute atomic E-state index is 0.0447. The third-order valence-corrected chi connectivity index (χ3v) is 7.68. The van der Waals surface area contributed by atoms with Crippen LogP contribution in [0.4, 0.5) is 0 Å². The van der Waals surface area contributed by atoms with Crippen molar-refractivity contribution in [3.8, 4) is 5.75 Å². The standard InChI is InChI=1S/C27H30O3/c1-18(28)30-26-13-12-25-24-10-8-20-16-21(29-17-19-6-4-3-5-7-19)9-11-22(20)23(24)14-15-27(25,26)2/h3-7,9,11-13,16,23-26H,8,10,14-15,17H2,1-2H3/t23-,24-,25+,26?,27+/m1/s1. The minimum Gasteiger partial charge on any atom is -0.489 e. The van der Waals surface area contributed by atoms with Gasteiger partial charge < -0.3 is 9.47 Å². The summed E-state index contributed by atoms with van der Waals surface area (Å²) in [5, 5.41) is 0. The highest BCUT2D eigenvalue weighted by Gasteiger charge is 2.53. The first-order valence-electron chi connectivity index (χ1n) is 11.2. The number of carbonyl (C=O) groups excluding carboxylic acids is 1. The molecule has 0 spiro atoms. The van der Waals surface area contributed by atoms with Crippen molar-refractivity contribution in [3.63, 3.8) is 0 Å². The second kappa shape index (κ2) is 7.61. The summed E-state index contributed by atoms with van der Waals surface area (Å²) >= 11 is 0. The molecule has 0 N–H and O–H groups in total. The van der Waals surface area contributed by atoms with Crippen molar-refractivity contribution in [1.29, 1.82) is 0 Å². The van der Waals surface area contributed by atoms with Gasteiger partial charge in [-0.25, -0.2) is 0 Å². The Morgan fingerprint density at radius 2 is 1.93 bits per heavy atom. The van der Waals surface area contributed by atoms with Gasteiger partial charge in [-0.1, -0.05) is 49.4 Å². The number of benzene rings is 2. The van der Waals surface area contributed by atoms with E-state index in [0.29, 0.717) is 24.4 Å². The van der Waals surface area contributed by atoms with E-state index in [-0.39, 0.29) is 17.5 Å². The number of carbonyl (C=O) groups is 1. The first-order valence-corrected chi connectivity index (χ1v) is 11.2. The molecule has 0 heterocycles. The molecular weight excluding hydrogens is 372 g/mol. The highest BCUT2D eigenvalue weighted by atomic mass is 16.5. The van der Waals surface area contributed by atoms with Gasteiger partial charge in [0.1, 0.15) is 18.5 Å². The molecule has 30 heavy (non-hydrogen) atoms. The molecule has 0 bridgehead atoms. The predicted octanol–water partition coefficient (Wildman–Crippen LogP) is 5.83. The van der Waals surface area contributed by atoms with Gasteiger partial charge in [-0.2, -0.15) is 0 Å². The van der Waals surface area contributed by atoms with Crippen LogP contribution < -0.4 is 4.74 Å². The largest absolute Gasteiger partial charge is 0.489 e. The molecule has 1 saturated carbocycles. The lowest BCUT2D eigenvalue weighted by Crippen LogP contribution is -2.45. The lowest BCUT2D eigenvalue weighted by atomic mass is 9.55. The van der Waals surface area contributed by atoms with E-state index in [1.807, 2.05) is 18.2 Å². The molecular formula is C27H30O3. The third-order valence-electron chi connectivity index (χ3n) is 7.68. The lowest BCUT2D eigenvalue weighted by molar-refractivity contribution is -0.152. The zero-order chi connectivity index (χ0) is 20.7. The van der Waals surface area contributed by atoms with Gasteiger partial charge in [-0.3, -0.25) is 4.79 Å². The van der Waals surface area contributed by atoms with Crippen LogP contribution in [0.3, 0.4) is 0 Å². The minimum atomic E-state index is -0.175. The second-order valence-corrected chi connectivity index (χ2v) is 9.43. The summed E-state index contributed by atoms with van der Waals surface area (Å²) in [6.45, 7) is 4.44. The number of ether oxygens (including phenoxy) is 2. The quantitative estimate of drug-likeness (QED) is 0.477. The molecule has 156 valence electrons. The van der Waals surface area contributed by atoms with Crippen molar-refractivity contribution in [1.82, 2.24) is 0 Å². The van der Waals surface area contributed by atoms with Gasteiger partial charge in [0.25, 0.3) is 0 Å². The topological polar surface area (TPSA) is 35.5 Å². The predicted molar refractivity (Wildman–Crippen MR) is 117 cm³/mol. The maximum absolute atomic E-state index is 11.6. The number of allylic oxidation sites excluding steroid dienone is 1. The Bertz CT molecular complexity index is 963. The maximum atomic E-state index is 11.6. The molecule has 3 nitrogen and oxygen atoms in total. The molecule has 2 aromatic rings. The molecule has 2 aromatic carbocycles. The molecule has 0 radical (unpaired) electrons. The molecule has 0 aromatic heterocycles. The van der Waals surface area contributed by atoms with Crippen molar-refractivity contribution < 1.29 is 14.3 Å². The number of hydrogen-bond acceptors (Lipinski definition) is 3. The van der Waals surface area contributed by atoms with Gasteiger partial charge in [-0.05, 0) is 78.3 Å². The zero-order valence-electron chi connectivity index (χ0n) is 17.8. The summed E-state index contributed by atoms with van der Waals surface area (Å²) in [5.41, 5.74) is 4.19. The van der Waals surface area contributed by atoms with Crippen LogP contribution in [0.2, 0.25) is 0 Å². The van der Waals surface area contributed by atoms with Crippen LogP contribution in [0, 0.1) is 17.3 Å². The normalized spacial score (nSPS) is 31.4. The average molecular weight is 403 g/mol. The van der Waals surface area contributed by atoms with E-state index in [2.05, 4.69) is 49.4 Å². The van der Waals surface area contributed by atoms with Crippen LogP contribution in [0.1, 0.15) is 55.7 Å². The Labute approximate surface area is 179 Å². The molecule has 3 heteroatoms. The van der Waals surface area contributed by atoms with E-state index in [9.17, 15) is 4.79 Å². The SMILES string of the molecule is CC(=O)OC1C=C[C@H]2[C@@H]3CCc4cc(OCc5ccccc5)ccc4[C@H]3CC[C@]12C. The molecule has 5 rings (SSSR count). The fourth-order valence-corrected chi connectivity index (χ4v) is 6.15. The third kappa shape index (κ3) is 3.34. The van der Waals surface area contributed by atoms with Crippen molar-refractivity contribution in [2.75, 3.05) is 0 Å². The number of hydrogen-bond donors (Lipinski definition) is 0. The van der Waals surface area contributed by atoms with E-state index in [1.54, 1.807) is 0 Å². The van der Waals surface area contributed by atoms with Gasteiger partial charge in [0.2, 0.25) is 0 Å². The molecule has 1 fully saturated rings. The molecule has 0 amide bonds. The average Bonchev–Trinajstić information content (AvgIpc) is 3.08. The van der Waals surface area contributed by atoms with Crippen molar-refractivity contribution in [3.05, 3.63) is 77.4 Å². The highest BCUT2D eigenvalue weighted by molar-refractivity contribution is 5.66. The number of esters is 1. The fourth-order valence-electron chi connectivity index (χ4n) is 6.15. The van der Waals surface area contributed by atoms with Crippen molar-refractivity contribution in [2.45, 2.75) is 58.2 Å². The summed E-state index contributed by atoms with van der Waals surface area (Å²) < 4.78 is 11.7. The van der Waals surface area contributed by atoms with E-state index in [0.717, 1.165) is 25.0 Å². The Morgan fingerprint density at radius 1 is 1.10 bits per heavy atom. The van der Waals surface area contributed by atoms with Gasteiger partial charge in [0.15, 0.2) is 0 Å². The zero-order valence-corrected chi connectivity index (χ0v) is 17.8. The van der Waals surface area contributed by atoms with Crippen LogP contribution >= 0.6 is 0 Å². The summed E-state index contributed by atoms with van der Waals surface area (Å²) in [4.78, 5) is 11.6. The Hall–Kier alpha value is -2.55. The molecule has 0 saturated heterocycles. The van der Waals surface area contributed by atoms with Gasteiger partial charge in [0.05, 0.1) is 0 Å². The molecule has 1 unspecified atom stereocenters. The van der Waals surface area contributed by atoms with Crippen LogP contribution in [0.15, 0.2) is 60.7 Å². The Morgan fingerprint density at radius 3 is 2.73 bits per heavy atom. The second-order valence-electron chi connectivity index (χ2n) is 9.43. The van der Waals surface area contributed by atoms with Gasteiger partial charge in [0, 0.05) is 12.3 Å². The first kappa shape index (κ1) is 19.4. The molecule has 0 aliphatic heterocycles. The van der Waals surface area contributed by atoms with Gasteiger partial charge in [-0.15, -0.1) is 0 Å². The monoisotopic (exact) mass is 402 g/mol. The van der Waals surface area contributed by atoms with E-state index >= 15 is 0 Å². The maximum Gasteiger partial charge on any atom is 0.303 e. The number of aryl methyl sites for hydroxylation is 1. The molecule has 5 atom stereocenters. The summed E-state index contributed by atoms with van der Waals surface area (Å²) in [5.74, 6) is 2.50. The first-order chi connectivity index (χ1) is 14.5. The van der Waals surface area contributed by atoms with E-state index in [1.165, 1.54) is 30.0 Å². The Balaban J connectivity index is 1.33.